The van der Waals surface area contributed by atoms with Gasteiger partial charge in [0.05, 0.1) is 61.5 Å². The smallest absolute Gasteiger partial charge is 0.343 e. The molecule has 0 aromatic heterocycles. The molecular weight excluding hydrogens is 1270 g/mol. The molecule has 6 aromatic rings. The highest BCUT2D eigenvalue weighted by Crippen LogP contribution is 2.39. The lowest BCUT2D eigenvalue weighted by molar-refractivity contribution is 0.0593. The van der Waals surface area contributed by atoms with Gasteiger partial charge in [-0.15, -0.1) is 0 Å². The molecule has 0 bridgehead atoms. The number of esters is 1. The van der Waals surface area contributed by atoms with Crippen molar-refractivity contribution in [3.63, 3.8) is 0 Å². The molecule has 0 aliphatic carbocycles. The number of carbonyl (C=O) groups excluding carboxylic acids is 1. The van der Waals surface area contributed by atoms with Gasteiger partial charge in [-0.1, -0.05) is 121 Å². The van der Waals surface area contributed by atoms with Gasteiger partial charge in [0.15, 0.2) is 11.5 Å². The normalized spacial score (nSPS) is 9.71. The number of ether oxygens (including phenoxy) is 3. The zero-order valence-corrected chi connectivity index (χ0v) is 45.8. The lowest BCUT2D eigenvalue weighted by Crippen LogP contribution is -2.05. The summed E-state index contributed by atoms with van der Waals surface area (Å²) in [5.74, 6) is -7.76. The van der Waals surface area contributed by atoms with Crippen LogP contribution in [0.1, 0.15) is 62.1 Å². The van der Waals surface area contributed by atoms with Crippen LogP contribution in [0.5, 0.6) is 34.5 Å². The number of carbonyl (C=O) groups is 6. The third-order valence-electron chi connectivity index (χ3n) is 8.10. The summed E-state index contributed by atoms with van der Waals surface area (Å²) < 4.78 is 15.3. The summed E-state index contributed by atoms with van der Waals surface area (Å²) in [5.41, 5.74) is -0.909. The molecule has 0 aliphatic rings. The highest BCUT2D eigenvalue weighted by Gasteiger charge is 2.22. The Labute approximate surface area is 469 Å². The van der Waals surface area contributed by atoms with Gasteiger partial charge in [0.25, 0.3) is 0 Å². The number of carboxylic acids is 5. The molecule has 28 heteroatoms. The number of rotatable bonds is 8. The maximum absolute atomic E-state index is 11.3. The van der Waals surface area contributed by atoms with E-state index in [1.807, 2.05) is 0 Å². The van der Waals surface area contributed by atoms with Gasteiger partial charge in [-0.2, -0.15) is 0 Å². The summed E-state index contributed by atoms with van der Waals surface area (Å²) in [6.45, 7) is 0. The van der Waals surface area contributed by atoms with E-state index in [9.17, 15) is 33.9 Å². The van der Waals surface area contributed by atoms with Crippen LogP contribution >= 0.6 is 125 Å². The summed E-state index contributed by atoms with van der Waals surface area (Å²) in [7, 11) is 4.01. The first-order valence-corrected chi connectivity index (χ1v) is 23.2. The Kier molecular flexibility index (Phi) is 27.8. The number of aromatic carboxylic acids is 5. The Morgan fingerprint density at radius 3 is 1.21 bits per heavy atom. The number of benzene rings is 6. The predicted molar refractivity (Wildman–Crippen MR) is 280 cm³/mol. The predicted octanol–water partition coefficient (Wildman–Crippen LogP) is 14.0. The van der Waals surface area contributed by atoms with Crippen LogP contribution in [0.3, 0.4) is 0 Å². The molecule has 390 valence electrons. The van der Waals surface area contributed by atoms with Crippen LogP contribution in [0.4, 0.5) is 0 Å². The minimum absolute atomic E-state index is 0.0307. The van der Waals surface area contributed by atoms with E-state index in [2.05, 4.69) is 36.6 Å². The van der Waals surface area contributed by atoms with E-state index >= 15 is 0 Å². The zero-order chi connectivity index (χ0) is 56.2. The van der Waals surface area contributed by atoms with Gasteiger partial charge in [-0.25, -0.2) is 28.8 Å². The lowest BCUT2D eigenvalue weighted by atomic mass is 10.2. The fourth-order valence-corrected chi connectivity index (χ4v) is 7.48. The van der Waals surface area contributed by atoms with E-state index in [-0.39, 0.29) is 86.0 Å². The Morgan fingerprint density at radius 1 is 0.425 bits per heavy atom. The number of halogens is 10. The first-order chi connectivity index (χ1) is 34.0. The lowest BCUT2D eigenvalue weighted by Gasteiger charge is -2.09. The monoisotopic (exact) mass is 1300 g/mol. The van der Waals surface area contributed by atoms with Crippen molar-refractivity contribution in [2.45, 2.75) is 0 Å². The average molecular weight is 1300 g/mol. The fourth-order valence-electron chi connectivity index (χ4n) is 4.82. The van der Waals surface area contributed by atoms with Crippen molar-refractivity contribution in [1.29, 1.82) is 0 Å². The molecule has 0 spiro atoms. The number of phenols is 4. The van der Waals surface area contributed by atoms with Gasteiger partial charge in [0, 0.05) is 8.95 Å². The Balaban J connectivity index is 0.000000439. The molecule has 0 fully saturated rings. The molecule has 0 saturated carbocycles. The molecule has 18 nitrogen and oxygen atoms in total. The molecule has 0 heterocycles. The number of aromatic hydroxyl groups is 4. The first-order valence-electron chi connectivity index (χ1n) is 18.6. The highest BCUT2D eigenvalue weighted by atomic mass is 79.9. The number of methoxy groups -OCH3 is 3. The van der Waals surface area contributed by atoms with Gasteiger partial charge < -0.3 is 60.2 Å². The van der Waals surface area contributed by atoms with Crippen molar-refractivity contribution < 1.29 is 88.9 Å². The van der Waals surface area contributed by atoms with E-state index < -0.39 is 52.9 Å². The topological polar surface area (TPSA) is 312 Å². The summed E-state index contributed by atoms with van der Waals surface area (Å²) in [6.07, 6.45) is 0. The van der Waals surface area contributed by atoms with E-state index in [1.54, 1.807) is 24.3 Å². The first kappa shape index (κ1) is 65.2. The minimum atomic E-state index is -1.33. The quantitative estimate of drug-likeness (QED) is 0.0505. The Hall–Kier alpha value is -5.78. The summed E-state index contributed by atoms with van der Waals surface area (Å²) in [5, 5.41) is 79.9. The maximum atomic E-state index is 11.3. The van der Waals surface area contributed by atoms with E-state index in [0.29, 0.717) is 14.0 Å². The molecule has 6 aromatic carbocycles. The van der Waals surface area contributed by atoms with Crippen LogP contribution in [0.15, 0.2) is 93.9 Å². The van der Waals surface area contributed by atoms with Crippen molar-refractivity contribution in [3.8, 4) is 34.5 Å². The molecule has 0 unspecified atom stereocenters. The zero-order valence-electron chi connectivity index (χ0n) is 36.6. The molecule has 9 N–H and O–H groups in total. The summed E-state index contributed by atoms with van der Waals surface area (Å²) in [4.78, 5) is 63.8. The SMILES string of the molecule is COC(=O)c1c(Cl)ccc(Cl)c1OC.COc1c(Cl)ccc(Cl)c1C(=O)O.O=C(O)c1c(Cl)ccc(Cl)c1O.O=C(O)c1c(O)c(Cl)cc(Br)c1Cl.O=C(O)c1cc(Br)ccc1O.O=C(O)c1ccccc1O. The number of carboxylic acid groups (broad SMARTS) is 5. The van der Waals surface area contributed by atoms with Gasteiger partial charge in [-0.3, -0.25) is 0 Å². The molecule has 0 amide bonds. The van der Waals surface area contributed by atoms with Crippen LogP contribution < -0.4 is 9.47 Å². The Bertz CT molecular complexity index is 2990. The number of para-hydroxylation sites is 1. The summed E-state index contributed by atoms with van der Waals surface area (Å²) >= 11 is 51.2. The van der Waals surface area contributed by atoms with Crippen molar-refractivity contribution in [3.05, 3.63) is 167 Å². The molecule has 6 rings (SSSR count). The average Bonchev–Trinajstić information content (AvgIpc) is 3.32. The highest BCUT2D eigenvalue weighted by molar-refractivity contribution is 9.10. The molecular formula is C45H32Br2Cl8O18. The second-order valence-corrected chi connectivity index (χ2v) is 17.7. The van der Waals surface area contributed by atoms with E-state index in [1.165, 1.54) is 82.0 Å². The largest absolute Gasteiger partial charge is 0.507 e. The summed E-state index contributed by atoms with van der Waals surface area (Å²) in [6, 6.07) is 20.0. The van der Waals surface area contributed by atoms with Gasteiger partial charge in [-0.05, 0) is 88.7 Å². The fraction of sp³-hybridized carbons (Fsp3) is 0.0667. The van der Waals surface area contributed by atoms with Crippen LogP contribution in [0.2, 0.25) is 40.2 Å². The molecule has 73 heavy (non-hydrogen) atoms. The second kappa shape index (κ2) is 31.1. The van der Waals surface area contributed by atoms with Gasteiger partial charge in [0.1, 0.15) is 56.4 Å². The third kappa shape index (κ3) is 19.2. The van der Waals surface area contributed by atoms with E-state index in [4.69, 9.17) is 143 Å². The van der Waals surface area contributed by atoms with Crippen LogP contribution in [0, 0.1) is 0 Å². The van der Waals surface area contributed by atoms with Gasteiger partial charge in [0.2, 0.25) is 0 Å². The van der Waals surface area contributed by atoms with Crippen molar-refractivity contribution in [2.75, 3.05) is 21.3 Å². The molecule has 0 aliphatic heterocycles. The van der Waals surface area contributed by atoms with E-state index in [0.717, 1.165) is 0 Å². The van der Waals surface area contributed by atoms with Crippen molar-refractivity contribution in [2.24, 2.45) is 0 Å². The maximum Gasteiger partial charge on any atom is 0.343 e. The van der Waals surface area contributed by atoms with Gasteiger partial charge >= 0.3 is 35.8 Å². The van der Waals surface area contributed by atoms with Crippen LogP contribution in [-0.2, 0) is 4.74 Å². The van der Waals surface area contributed by atoms with Crippen molar-refractivity contribution >= 4 is 160 Å². The number of hydrogen-bond donors (Lipinski definition) is 9. The Morgan fingerprint density at radius 2 is 0.822 bits per heavy atom. The molecule has 0 atom stereocenters. The standard InChI is InChI=1S/C9H8Cl2O3.C8H6Cl2O3.C7H3BrCl2O3.C7H5BrO3.C7H4Cl2O3.C7H6O3/c1-13-8-6(11)4-3-5(10)7(8)9(12)14-2;1-13-7-5(10)3-2-4(9)6(7)8(11)12;8-2-1-3(9)6(11)4(5(2)10)7(12)13;8-4-1-2-6(9)5(3-4)7(10)11;8-3-1-2-4(9)6(10)5(3)7(11)12;8-6-4-2-1-3-5(6)7(9)10/h3-4H,1-2H3;2-3H,1H3,(H,11,12);1,11H,(H,12,13);1-3,9H,(H,10,11);1-2,10H,(H,11,12);1-4,8H,(H,9,10). The van der Waals surface area contributed by atoms with Crippen LogP contribution in [0.25, 0.3) is 0 Å². The second-order valence-electron chi connectivity index (χ2n) is 12.7. The van der Waals surface area contributed by atoms with Crippen LogP contribution in [-0.4, -0.2) is 103 Å². The minimum Gasteiger partial charge on any atom is -0.507 e. The molecule has 0 radical (unpaired) electrons. The third-order valence-corrected chi connectivity index (χ3v) is 12.0. The van der Waals surface area contributed by atoms with Crippen molar-refractivity contribution in [1.82, 2.24) is 0 Å². The molecule has 0 saturated heterocycles. The number of hydrogen-bond acceptors (Lipinski definition) is 13.